The highest BCUT2D eigenvalue weighted by Crippen LogP contribution is 2.59. The van der Waals surface area contributed by atoms with Crippen LogP contribution in [0.5, 0.6) is 0 Å². The van der Waals surface area contributed by atoms with Crippen molar-refractivity contribution in [3.63, 3.8) is 0 Å². The van der Waals surface area contributed by atoms with E-state index >= 15 is 0 Å². The van der Waals surface area contributed by atoms with Crippen LogP contribution in [-0.2, 0) is 14.3 Å². The van der Waals surface area contributed by atoms with Crippen LogP contribution in [0.2, 0.25) is 0 Å². The van der Waals surface area contributed by atoms with Crippen LogP contribution in [0.3, 0.4) is 0 Å². The molecule has 2 aromatic carbocycles. The van der Waals surface area contributed by atoms with Crippen LogP contribution in [0.1, 0.15) is 96.9 Å². The Hall–Kier alpha value is -3.27. The van der Waals surface area contributed by atoms with Gasteiger partial charge in [0.1, 0.15) is 17.7 Å². The van der Waals surface area contributed by atoms with E-state index in [1.165, 1.54) is 20.0 Å². The predicted molar refractivity (Wildman–Crippen MR) is 240 cm³/mol. The number of likely N-dealkylation sites (tertiary alicyclic amines) is 2. The fraction of sp³-hybridized carbons (Fsp3) is 0.537. The Balaban J connectivity index is 0.00000174. The summed E-state index contributed by atoms with van der Waals surface area (Å²) in [6.45, 7) is 11.7. The van der Waals surface area contributed by atoms with E-state index in [2.05, 4.69) is 83.4 Å². The van der Waals surface area contributed by atoms with E-state index in [4.69, 9.17) is 14.7 Å². The Kier molecular flexibility index (Phi) is 14.0. The van der Waals surface area contributed by atoms with Crippen LogP contribution in [0.4, 0.5) is 4.79 Å². The van der Waals surface area contributed by atoms with E-state index in [9.17, 15) is 14.4 Å². The summed E-state index contributed by atoms with van der Waals surface area (Å²) in [6, 6.07) is 13.9. The first-order valence-electron chi connectivity index (χ1n) is 19.0. The quantitative estimate of drug-likeness (QED) is 0.157. The van der Waals surface area contributed by atoms with Crippen LogP contribution in [0.25, 0.3) is 33.4 Å². The van der Waals surface area contributed by atoms with Crippen LogP contribution >= 0.6 is 54.0 Å². The summed E-state index contributed by atoms with van der Waals surface area (Å²) in [5.41, 5.74) is 6.36. The summed E-state index contributed by atoms with van der Waals surface area (Å²) in [4.78, 5) is 60.4. The van der Waals surface area contributed by atoms with Gasteiger partial charge in [-0.15, -0.1) is 0 Å². The minimum Gasteiger partial charge on any atom is -0.453 e. The fourth-order valence-electron chi connectivity index (χ4n) is 8.43. The monoisotopic (exact) mass is 841 g/mol. The lowest BCUT2D eigenvalue weighted by atomic mass is 9.96. The van der Waals surface area contributed by atoms with Crippen molar-refractivity contribution < 1.29 is 19.1 Å². The number of benzene rings is 2. The number of aromatic amines is 2. The number of carbonyl (C=O) groups is 3. The maximum atomic E-state index is 13.8. The molecule has 15 heteroatoms. The number of imidazole rings is 2. The SMILES string of the molecule is COC(=O)N[C@H](C(=O)N1CC2(CC2)C[C@H]1c1ncc(-c2ccc(-c3ccc4nc([C@@H]5CC6(CC6)CN5C(=O)[C@@H](C)C(C)C)[nH]c4c3)cc2)[nH]1)C(C)C.S.S.S.S. The summed E-state index contributed by atoms with van der Waals surface area (Å²) in [6.07, 6.45) is 7.67. The summed E-state index contributed by atoms with van der Waals surface area (Å²) in [5, 5.41) is 2.75. The van der Waals surface area contributed by atoms with Crippen molar-refractivity contribution in [3.8, 4) is 22.4 Å². The molecule has 2 aliphatic carbocycles. The number of H-pyrrole nitrogens is 2. The lowest BCUT2D eigenvalue weighted by molar-refractivity contribution is -0.137. The molecule has 4 fully saturated rings. The van der Waals surface area contributed by atoms with Gasteiger partial charge in [0.2, 0.25) is 11.8 Å². The molecule has 2 aromatic heterocycles. The molecule has 2 aliphatic heterocycles. The Labute approximate surface area is 358 Å². The van der Waals surface area contributed by atoms with Crippen LogP contribution in [0.15, 0.2) is 48.7 Å². The van der Waals surface area contributed by atoms with E-state index in [0.29, 0.717) is 12.5 Å². The van der Waals surface area contributed by atoms with Gasteiger partial charge in [-0.3, -0.25) is 9.59 Å². The standard InChI is InChI=1S/C41H51N7O4.4H2S/c1-23(2)25(5)37(49)47-21-41(15-16-41)19-33(47)36-43-29-12-11-28(17-30(29)44-36)26-7-9-27(10-8-26)31-20-42-35(45-31)32-18-40(13-14-40)22-48(32)38(50)34(24(3)4)46-39(51)52-6;;;;/h7-12,17,20,23-25,32-34H,13-16,18-19,21-22H2,1-6H3,(H,42,45)(H,43,44)(H,46,51);4*1H2/t25-,32-,33-,34-;;;;/m0..../s1. The summed E-state index contributed by atoms with van der Waals surface area (Å²) < 4.78 is 4.81. The topological polar surface area (TPSA) is 136 Å². The van der Waals surface area contributed by atoms with Gasteiger partial charge < -0.3 is 29.8 Å². The number of ether oxygens (including phenoxy) is 1. The number of rotatable bonds is 9. The molecule has 2 spiro atoms. The first-order chi connectivity index (χ1) is 24.9. The molecule has 306 valence electrons. The average Bonchev–Trinajstić information content (AvgIpc) is 3.75. The molecule has 56 heavy (non-hydrogen) atoms. The second kappa shape index (κ2) is 17.3. The third kappa shape index (κ3) is 8.61. The van der Waals surface area contributed by atoms with Gasteiger partial charge in [-0.1, -0.05) is 65.0 Å². The van der Waals surface area contributed by atoms with Gasteiger partial charge in [-0.05, 0) is 90.0 Å². The van der Waals surface area contributed by atoms with Crippen molar-refractivity contribution in [2.45, 2.75) is 91.3 Å². The maximum Gasteiger partial charge on any atom is 0.407 e. The zero-order chi connectivity index (χ0) is 36.5. The number of hydrogen-bond donors (Lipinski definition) is 3. The molecule has 4 atom stereocenters. The highest BCUT2D eigenvalue weighted by Gasteiger charge is 2.56. The highest BCUT2D eigenvalue weighted by atomic mass is 32.1. The molecule has 8 rings (SSSR count). The van der Waals surface area contributed by atoms with Gasteiger partial charge >= 0.3 is 6.09 Å². The van der Waals surface area contributed by atoms with Crippen LogP contribution in [0, 0.1) is 28.6 Å². The number of hydrogen-bond acceptors (Lipinski definition) is 6. The number of amides is 3. The molecule has 0 bridgehead atoms. The van der Waals surface area contributed by atoms with Gasteiger partial charge in [0.25, 0.3) is 0 Å². The van der Waals surface area contributed by atoms with E-state index < -0.39 is 12.1 Å². The minimum atomic E-state index is -0.673. The van der Waals surface area contributed by atoms with E-state index in [1.807, 2.05) is 24.9 Å². The van der Waals surface area contributed by atoms with Gasteiger partial charge in [0.05, 0.1) is 42.1 Å². The normalized spacial score (nSPS) is 20.9. The smallest absolute Gasteiger partial charge is 0.407 e. The molecule has 11 nitrogen and oxygen atoms in total. The van der Waals surface area contributed by atoms with Gasteiger partial charge in [-0.25, -0.2) is 14.8 Å². The molecule has 3 N–H and O–H groups in total. The van der Waals surface area contributed by atoms with Gasteiger partial charge in [-0.2, -0.15) is 54.0 Å². The largest absolute Gasteiger partial charge is 0.453 e. The minimum absolute atomic E-state index is 0. The molecule has 2 saturated carbocycles. The zero-order valence-corrected chi connectivity index (χ0v) is 37.2. The highest BCUT2D eigenvalue weighted by molar-refractivity contribution is 7.59. The van der Waals surface area contributed by atoms with E-state index in [1.54, 1.807) is 0 Å². The third-order valence-electron chi connectivity index (χ3n) is 12.5. The van der Waals surface area contributed by atoms with E-state index in [0.717, 1.165) is 77.3 Å². The third-order valence-corrected chi connectivity index (χ3v) is 12.5. The fourth-order valence-corrected chi connectivity index (χ4v) is 8.43. The molecule has 0 unspecified atom stereocenters. The lowest BCUT2D eigenvalue weighted by Gasteiger charge is -2.30. The number of nitrogens with one attached hydrogen (secondary N) is 3. The van der Waals surface area contributed by atoms with E-state index in [-0.39, 0.29) is 101 Å². The second-order valence-corrected chi connectivity index (χ2v) is 16.9. The Bertz CT molecular complexity index is 2020. The summed E-state index contributed by atoms with van der Waals surface area (Å²) in [7, 11) is 1.31. The van der Waals surface area contributed by atoms with Crippen LogP contribution in [-0.4, -0.2) is 73.9 Å². The molecule has 3 amide bonds. The number of alkyl carbamates (subject to hydrolysis) is 1. The van der Waals surface area contributed by atoms with Crippen molar-refractivity contribution >= 4 is 82.9 Å². The lowest BCUT2D eigenvalue weighted by Crippen LogP contribution is -2.51. The number of aromatic nitrogens is 4. The first kappa shape index (κ1) is 45.4. The predicted octanol–water partition coefficient (Wildman–Crippen LogP) is 7.85. The van der Waals surface area contributed by atoms with Crippen molar-refractivity contribution in [1.82, 2.24) is 35.1 Å². The second-order valence-electron chi connectivity index (χ2n) is 16.9. The Morgan fingerprint density at radius 2 is 1.30 bits per heavy atom. The summed E-state index contributed by atoms with van der Waals surface area (Å²) in [5.74, 6) is 1.99. The number of methoxy groups -OCH3 is 1. The van der Waals surface area contributed by atoms with Crippen molar-refractivity contribution in [3.05, 3.63) is 60.3 Å². The number of fused-ring (bicyclic) bond motifs is 1. The molecule has 2 saturated heterocycles. The van der Waals surface area contributed by atoms with Crippen molar-refractivity contribution in [2.75, 3.05) is 20.2 Å². The maximum absolute atomic E-state index is 13.8. The zero-order valence-electron chi connectivity index (χ0n) is 33.2. The Morgan fingerprint density at radius 1 is 0.750 bits per heavy atom. The van der Waals surface area contributed by atoms with Gasteiger partial charge in [0, 0.05) is 19.0 Å². The van der Waals surface area contributed by atoms with Crippen molar-refractivity contribution in [2.24, 2.45) is 28.6 Å². The Morgan fingerprint density at radius 3 is 1.86 bits per heavy atom. The molecule has 4 heterocycles. The number of carbonyl (C=O) groups excluding carboxylic acids is 3. The molecule has 4 aromatic rings. The molecular formula is C41H59N7O4S4. The van der Waals surface area contributed by atoms with Crippen molar-refractivity contribution in [1.29, 1.82) is 0 Å². The number of nitrogens with zero attached hydrogens (tertiary/aromatic N) is 4. The van der Waals surface area contributed by atoms with Crippen LogP contribution < -0.4 is 5.32 Å². The summed E-state index contributed by atoms with van der Waals surface area (Å²) >= 11 is 0. The van der Waals surface area contributed by atoms with Gasteiger partial charge in [0.15, 0.2) is 0 Å². The molecular weight excluding hydrogens is 783 g/mol. The first-order valence-corrected chi connectivity index (χ1v) is 19.0. The molecule has 4 aliphatic rings. The molecule has 0 radical (unpaired) electrons. The average molecular weight is 842 g/mol.